The topological polar surface area (TPSA) is 29.0 Å². The molecule has 0 saturated carbocycles. The summed E-state index contributed by atoms with van der Waals surface area (Å²) in [6.45, 7) is 7.73. The van der Waals surface area contributed by atoms with Crippen LogP contribution in [0.5, 0.6) is 0 Å². The third-order valence-electron chi connectivity index (χ3n) is 3.81. The number of aromatic nitrogens is 2. The summed E-state index contributed by atoms with van der Waals surface area (Å²) in [5.41, 5.74) is 0. The Kier molecular flexibility index (Phi) is 3.39. The minimum absolute atomic E-state index is 0.360. The Morgan fingerprint density at radius 3 is 2.95 bits per heavy atom. The Labute approximate surface area is 122 Å². The molecule has 1 saturated heterocycles. The van der Waals surface area contributed by atoms with Gasteiger partial charge in [0.15, 0.2) is 0 Å². The number of halogens is 1. The van der Waals surface area contributed by atoms with Crippen molar-refractivity contribution in [2.45, 2.75) is 39.7 Å². The van der Waals surface area contributed by atoms with E-state index >= 15 is 0 Å². The maximum absolute atomic E-state index is 6.10. The van der Waals surface area contributed by atoms with E-state index < -0.39 is 0 Å². The van der Waals surface area contributed by atoms with Crippen molar-refractivity contribution >= 4 is 39.0 Å². The van der Waals surface area contributed by atoms with Crippen molar-refractivity contribution in [3.05, 3.63) is 16.2 Å². The van der Waals surface area contributed by atoms with Crippen LogP contribution in [-0.4, -0.2) is 22.6 Å². The van der Waals surface area contributed by atoms with E-state index in [-0.39, 0.29) is 0 Å². The highest BCUT2D eigenvalue weighted by Crippen LogP contribution is 2.36. The van der Waals surface area contributed by atoms with Gasteiger partial charge in [0.05, 0.1) is 5.39 Å². The van der Waals surface area contributed by atoms with Crippen LogP contribution in [0.2, 0.25) is 5.28 Å². The summed E-state index contributed by atoms with van der Waals surface area (Å²) in [5.74, 6) is 1.65. The van der Waals surface area contributed by atoms with Gasteiger partial charge in [-0.2, -0.15) is 4.98 Å². The molecule has 0 bridgehead atoms. The van der Waals surface area contributed by atoms with Crippen LogP contribution in [-0.2, 0) is 0 Å². The lowest BCUT2D eigenvalue weighted by atomic mass is 10.0. The van der Waals surface area contributed by atoms with Crippen LogP contribution in [0.25, 0.3) is 10.2 Å². The Morgan fingerprint density at radius 1 is 1.42 bits per heavy atom. The summed E-state index contributed by atoms with van der Waals surface area (Å²) < 4.78 is 0. The zero-order valence-corrected chi connectivity index (χ0v) is 13.1. The molecule has 0 N–H and O–H groups in total. The lowest BCUT2D eigenvalue weighted by Gasteiger charge is -2.29. The average Bonchev–Trinajstić information content (AvgIpc) is 2.92. The molecular formula is C14H18ClN3S. The Balaban J connectivity index is 2.13. The van der Waals surface area contributed by atoms with E-state index in [1.807, 2.05) is 0 Å². The van der Waals surface area contributed by atoms with E-state index in [0.29, 0.717) is 17.2 Å². The highest BCUT2D eigenvalue weighted by atomic mass is 35.5. The summed E-state index contributed by atoms with van der Waals surface area (Å²) in [4.78, 5) is 13.5. The predicted octanol–water partition coefficient (Wildman–Crippen LogP) is 4.28. The van der Waals surface area contributed by atoms with E-state index in [2.05, 4.69) is 41.7 Å². The molecule has 3 rings (SSSR count). The minimum Gasteiger partial charge on any atom is -0.353 e. The molecule has 5 heteroatoms. The van der Waals surface area contributed by atoms with Gasteiger partial charge in [-0.15, -0.1) is 11.3 Å². The maximum atomic E-state index is 6.10. The van der Waals surface area contributed by atoms with E-state index in [1.165, 1.54) is 17.7 Å². The van der Waals surface area contributed by atoms with Crippen molar-refractivity contribution in [2.75, 3.05) is 11.4 Å². The molecule has 19 heavy (non-hydrogen) atoms. The Bertz CT molecular complexity index is 608. The molecule has 2 aromatic heterocycles. The molecule has 102 valence electrons. The fourth-order valence-corrected chi connectivity index (χ4v) is 4.06. The number of fused-ring (bicyclic) bond motifs is 1. The van der Waals surface area contributed by atoms with E-state index in [0.717, 1.165) is 22.6 Å². The third kappa shape index (κ3) is 2.32. The summed E-state index contributed by atoms with van der Waals surface area (Å²) in [6.07, 6.45) is 2.47. The Hall–Kier alpha value is -0.870. The predicted molar refractivity (Wildman–Crippen MR) is 82.4 cm³/mol. The number of hydrogen-bond acceptors (Lipinski definition) is 4. The average molecular weight is 296 g/mol. The second-order valence-electron chi connectivity index (χ2n) is 5.54. The fraction of sp³-hybridized carbons (Fsp3) is 0.571. The second kappa shape index (κ2) is 4.91. The van der Waals surface area contributed by atoms with Gasteiger partial charge in [0.2, 0.25) is 5.28 Å². The number of hydrogen-bond donors (Lipinski definition) is 0. The lowest BCUT2D eigenvalue weighted by Crippen LogP contribution is -2.34. The molecule has 0 radical (unpaired) electrons. The molecule has 3 nitrogen and oxygen atoms in total. The van der Waals surface area contributed by atoms with Crippen molar-refractivity contribution in [1.82, 2.24) is 9.97 Å². The molecular weight excluding hydrogens is 278 g/mol. The van der Waals surface area contributed by atoms with Crippen LogP contribution < -0.4 is 4.90 Å². The zero-order chi connectivity index (χ0) is 13.6. The van der Waals surface area contributed by atoms with Crippen molar-refractivity contribution in [3.63, 3.8) is 0 Å². The molecule has 0 aromatic carbocycles. The SMILES string of the molecule is Cc1cc2c(N3CCCC3C(C)C)nc(Cl)nc2s1. The normalized spacial score (nSPS) is 19.8. The standard InChI is InChI=1S/C14H18ClN3S/c1-8(2)11-5-4-6-18(11)12-10-7-9(3)19-13(10)17-14(15)16-12/h7-8,11H,4-6H2,1-3H3. The molecule has 1 atom stereocenters. The largest absolute Gasteiger partial charge is 0.353 e. The van der Waals surface area contributed by atoms with Crippen LogP contribution in [0.3, 0.4) is 0 Å². The van der Waals surface area contributed by atoms with Crippen LogP contribution in [0.15, 0.2) is 6.07 Å². The number of rotatable bonds is 2. The van der Waals surface area contributed by atoms with Gasteiger partial charge in [0.25, 0.3) is 0 Å². The molecule has 0 spiro atoms. The van der Waals surface area contributed by atoms with E-state index in [1.54, 1.807) is 11.3 Å². The molecule has 1 aliphatic rings. The van der Waals surface area contributed by atoms with Gasteiger partial charge >= 0.3 is 0 Å². The van der Waals surface area contributed by atoms with Gasteiger partial charge in [0.1, 0.15) is 10.6 Å². The second-order valence-corrected chi connectivity index (χ2v) is 7.11. The molecule has 2 aromatic rings. The first-order valence-electron chi connectivity index (χ1n) is 6.76. The smallest absolute Gasteiger partial charge is 0.225 e. The first-order chi connectivity index (χ1) is 9.06. The highest BCUT2D eigenvalue weighted by Gasteiger charge is 2.30. The van der Waals surface area contributed by atoms with E-state index in [4.69, 9.17) is 11.6 Å². The van der Waals surface area contributed by atoms with Crippen molar-refractivity contribution in [1.29, 1.82) is 0 Å². The number of aryl methyl sites for hydroxylation is 1. The monoisotopic (exact) mass is 295 g/mol. The van der Waals surface area contributed by atoms with Crippen molar-refractivity contribution < 1.29 is 0 Å². The third-order valence-corrected chi connectivity index (χ3v) is 4.92. The Morgan fingerprint density at radius 2 is 2.21 bits per heavy atom. The van der Waals surface area contributed by atoms with Gasteiger partial charge < -0.3 is 4.90 Å². The van der Waals surface area contributed by atoms with Crippen LogP contribution >= 0.6 is 22.9 Å². The molecule has 0 aliphatic carbocycles. The quantitative estimate of drug-likeness (QED) is 0.775. The van der Waals surface area contributed by atoms with Gasteiger partial charge in [-0.3, -0.25) is 0 Å². The number of anilines is 1. The summed E-state index contributed by atoms with van der Waals surface area (Å²) in [7, 11) is 0. The lowest BCUT2D eigenvalue weighted by molar-refractivity contribution is 0.490. The zero-order valence-electron chi connectivity index (χ0n) is 11.5. The van der Waals surface area contributed by atoms with E-state index in [9.17, 15) is 0 Å². The van der Waals surface area contributed by atoms with Crippen molar-refractivity contribution in [2.24, 2.45) is 5.92 Å². The summed E-state index contributed by atoms with van der Waals surface area (Å²) in [5, 5.41) is 1.51. The summed E-state index contributed by atoms with van der Waals surface area (Å²) >= 11 is 7.78. The molecule has 3 heterocycles. The van der Waals surface area contributed by atoms with Crippen LogP contribution in [0, 0.1) is 12.8 Å². The molecule has 1 fully saturated rings. The fourth-order valence-electron chi connectivity index (χ4n) is 2.97. The van der Waals surface area contributed by atoms with Crippen LogP contribution in [0.4, 0.5) is 5.82 Å². The minimum atomic E-state index is 0.360. The van der Waals surface area contributed by atoms with Gasteiger partial charge in [-0.25, -0.2) is 4.98 Å². The molecule has 0 amide bonds. The number of thiophene rings is 1. The van der Waals surface area contributed by atoms with Crippen molar-refractivity contribution in [3.8, 4) is 0 Å². The van der Waals surface area contributed by atoms with Gasteiger partial charge in [-0.05, 0) is 43.4 Å². The van der Waals surface area contributed by atoms with Gasteiger partial charge in [-0.1, -0.05) is 13.8 Å². The molecule has 1 aliphatic heterocycles. The van der Waals surface area contributed by atoms with Crippen LogP contribution in [0.1, 0.15) is 31.6 Å². The first-order valence-corrected chi connectivity index (χ1v) is 7.96. The summed E-state index contributed by atoms with van der Waals surface area (Å²) in [6, 6.07) is 2.75. The highest BCUT2D eigenvalue weighted by molar-refractivity contribution is 7.18. The molecule has 1 unspecified atom stereocenters. The number of nitrogens with zero attached hydrogens (tertiary/aromatic N) is 3. The first kappa shape index (κ1) is 13.1. The maximum Gasteiger partial charge on any atom is 0.225 e. The van der Waals surface area contributed by atoms with Gasteiger partial charge in [0, 0.05) is 17.5 Å².